The van der Waals surface area contributed by atoms with E-state index >= 15 is 0 Å². The Balaban J connectivity index is 1.99. The highest BCUT2D eigenvalue weighted by Gasteiger charge is 2.07. The fraction of sp³-hybridized carbons (Fsp3) is 0.500. The van der Waals surface area contributed by atoms with Gasteiger partial charge in [0.1, 0.15) is 5.75 Å². The molecule has 0 aliphatic heterocycles. The first kappa shape index (κ1) is 16.6. The van der Waals surface area contributed by atoms with Gasteiger partial charge in [0.2, 0.25) is 0 Å². The van der Waals surface area contributed by atoms with Crippen molar-refractivity contribution in [2.45, 2.75) is 39.2 Å². The molecule has 22 heavy (non-hydrogen) atoms. The number of benzene rings is 1. The number of methoxy groups -OCH3 is 1. The summed E-state index contributed by atoms with van der Waals surface area (Å²) in [6, 6.07) is 8.68. The zero-order chi connectivity index (χ0) is 15.8. The first-order valence-corrected chi connectivity index (χ1v) is 8.18. The Morgan fingerprint density at radius 3 is 2.86 bits per heavy atom. The molecular formula is C18H27N3O. The minimum Gasteiger partial charge on any atom is -0.497 e. The van der Waals surface area contributed by atoms with Gasteiger partial charge in [0, 0.05) is 30.2 Å². The monoisotopic (exact) mass is 301 g/mol. The molecule has 0 aliphatic rings. The van der Waals surface area contributed by atoms with E-state index in [0.717, 1.165) is 41.9 Å². The zero-order valence-electron chi connectivity index (χ0n) is 13.9. The molecule has 0 radical (unpaired) electrons. The largest absolute Gasteiger partial charge is 0.497 e. The van der Waals surface area contributed by atoms with Crippen LogP contribution in [0.1, 0.15) is 33.1 Å². The molecule has 4 heteroatoms. The fourth-order valence-electron chi connectivity index (χ4n) is 2.73. The summed E-state index contributed by atoms with van der Waals surface area (Å²) in [5.74, 6) is 0.863. The van der Waals surface area contributed by atoms with Crippen molar-refractivity contribution in [1.29, 1.82) is 0 Å². The smallest absolute Gasteiger partial charge is 0.121 e. The Morgan fingerprint density at radius 1 is 1.27 bits per heavy atom. The van der Waals surface area contributed by atoms with Crippen molar-refractivity contribution in [1.82, 2.24) is 10.3 Å². The summed E-state index contributed by atoms with van der Waals surface area (Å²) >= 11 is 0. The molecule has 2 rings (SSSR count). The van der Waals surface area contributed by atoms with E-state index < -0.39 is 0 Å². The van der Waals surface area contributed by atoms with Gasteiger partial charge in [-0.2, -0.15) is 0 Å². The lowest BCUT2D eigenvalue weighted by atomic mass is 10.1. The van der Waals surface area contributed by atoms with Gasteiger partial charge in [-0.1, -0.05) is 19.9 Å². The average molecular weight is 301 g/mol. The molecule has 4 nitrogen and oxygen atoms in total. The second-order valence-corrected chi connectivity index (χ2v) is 5.48. The first-order chi connectivity index (χ1) is 10.8. The Labute approximate surface area is 133 Å². The van der Waals surface area contributed by atoms with Crippen LogP contribution in [-0.4, -0.2) is 31.2 Å². The van der Waals surface area contributed by atoms with E-state index in [-0.39, 0.29) is 0 Å². The fourth-order valence-corrected chi connectivity index (χ4v) is 2.73. The summed E-state index contributed by atoms with van der Waals surface area (Å²) in [7, 11) is 1.70. The van der Waals surface area contributed by atoms with Crippen LogP contribution >= 0.6 is 0 Å². The number of nitrogens with zero attached hydrogens (tertiary/aromatic N) is 1. The third-order valence-corrected chi connectivity index (χ3v) is 3.94. The van der Waals surface area contributed by atoms with Crippen molar-refractivity contribution in [3.8, 4) is 5.75 Å². The molecule has 0 amide bonds. The van der Waals surface area contributed by atoms with E-state index in [1.165, 1.54) is 12.8 Å². The maximum Gasteiger partial charge on any atom is 0.121 e. The average Bonchev–Trinajstić information content (AvgIpc) is 2.57. The SMILES string of the molecule is CCNC(CC)CCCNc1cc(OC)cc2cccnc12. The Kier molecular flexibility index (Phi) is 6.46. The van der Waals surface area contributed by atoms with Crippen molar-refractivity contribution in [3.63, 3.8) is 0 Å². The minimum absolute atomic E-state index is 0.618. The first-order valence-electron chi connectivity index (χ1n) is 8.18. The topological polar surface area (TPSA) is 46.2 Å². The standard InChI is InChI=1S/C18H27N3O/c1-4-15(19-5-2)9-7-10-20-17-13-16(22-3)12-14-8-6-11-21-18(14)17/h6,8,11-13,15,19-20H,4-5,7,9-10H2,1-3H3. The quantitative estimate of drug-likeness (QED) is 0.691. The van der Waals surface area contributed by atoms with E-state index in [1.54, 1.807) is 7.11 Å². The molecule has 0 saturated heterocycles. The number of hydrogen-bond donors (Lipinski definition) is 2. The molecule has 0 spiro atoms. The van der Waals surface area contributed by atoms with Crippen molar-refractivity contribution < 1.29 is 4.74 Å². The third-order valence-electron chi connectivity index (χ3n) is 3.94. The molecule has 1 heterocycles. The molecule has 1 aromatic heterocycles. The number of nitrogens with one attached hydrogen (secondary N) is 2. The Bertz CT molecular complexity index is 586. The van der Waals surface area contributed by atoms with E-state index in [4.69, 9.17) is 4.74 Å². The number of hydrogen-bond acceptors (Lipinski definition) is 4. The van der Waals surface area contributed by atoms with Crippen LogP contribution in [0.15, 0.2) is 30.5 Å². The van der Waals surface area contributed by atoms with Gasteiger partial charge in [-0.15, -0.1) is 0 Å². The van der Waals surface area contributed by atoms with Crippen LogP contribution in [0.2, 0.25) is 0 Å². The lowest BCUT2D eigenvalue weighted by Crippen LogP contribution is -2.28. The number of anilines is 1. The number of pyridine rings is 1. The van der Waals surface area contributed by atoms with Crippen LogP contribution in [0.3, 0.4) is 0 Å². The van der Waals surface area contributed by atoms with E-state index in [9.17, 15) is 0 Å². The van der Waals surface area contributed by atoms with Crippen LogP contribution < -0.4 is 15.4 Å². The number of fused-ring (bicyclic) bond motifs is 1. The second kappa shape index (κ2) is 8.59. The van der Waals surface area contributed by atoms with Crippen molar-refractivity contribution >= 4 is 16.6 Å². The van der Waals surface area contributed by atoms with Gasteiger partial charge >= 0.3 is 0 Å². The Morgan fingerprint density at radius 2 is 2.14 bits per heavy atom. The van der Waals surface area contributed by atoms with Gasteiger partial charge in [-0.25, -0.2) is 0 Å². The summed E-state index contributed by atoms with van der Waals surface area (Å²) in [5.41, 5.74) is 2.05. The molecule has 0 aliphatic carbocycles. The molecule has 1 aromatic carbocycles. The molecule has 1 atom stereocenters. The van der Waals surface area contributed by atoms with Crippen LogP contribution in [0.4, 0.5) is 5.69 Å². The molecule has 0 saturated carbocycles. The lowest BCUT2D eigenvalue weighted by Gasteiger charge is -2.16. The normalized spacial score (nSPS) is 12.3. The van der Waals surface area contributed by atoms with Crippen molar-refractivity contribution in [2.24, 2.45) is 0 Å². The van der Waals surface area contributed by atoms with Gasteiger partial charge in [-0.05, 0) is 37.9 Å². The van der Waals surface area contributed by atoms with Gasteiger partial charge in [0.25, 0.3) is 0 Å². The molecular weight excluding hydrogens is 274 g/mol. The summed E-state index contributed by atoms with van der Waals surface area (Å²) in [6.07, 6.45) is 5.33. The van der Waals surface area contributed by atoms with Gasteiger partial charge in [0.05, 0.1) is 18.3 Å². The Hall–Kier alpha value is -1.81. The summed E-state index contributed by atoms with van der Waals surface area (Å²) in [4.78, 5) is 4.49. The number of aromatic nitrogens is 1. The van der Waals surface area contributed by atoms with Crippen molar-refractivity contribution in [3.05, 3.63) is 30.5 Å². The van der Waals surface area contributed by atoms with E-state index in [0.29, 0.717) is 6.04 Å². The summed E-state index contributed by atoms with van der Waals surface area (Å²) in [5, 5.41) is 8.13. The molecule has 2 N–H and O–H groups in total. The highest BCUT2D eigenvalue weighted by molar-refractivity contribution is 5.91. The zero-order valence-corrected chi connectivity index (χ0v) is 13.9. The summed E-state index contributed by atoms with van der Waals surface area (Å²) in [6.45, 7) is 6.38. The van der Waals surface area contributed by atoms with Gasteiger partial charge < -0.3 is 15.4 Å². The van der Waals surface area contributed by atoms with Crippen molar-refractivity contribution in [2.75, 3.05) is 25.5 Å². The molecule has 120 valence electrons. The highest BCUT2D eigenvalue weighted by atomic mass is 16.5. The van der Waals surface area contributed by atoms with Gasteiger partial charge in [-0.3, -0.25) is 4.98 Å². The summed E-state index contributed by atoms with van der Waals surface area (Å²) < 4.78 is 5.38. The number of rotatable bonds is 9. The molecule has 0 bridgehead atoms. The predicted molar refractivity (Wildman–Crippen MR) is 93.8 cm³/mol. The minimum atomic E-state index is 0.618. The lowest BCUT2D eigenvalue weighted by molar-refractivity contribution is 0.415. The molecule has 0 fully saturated rings. The van der Waals surface area contributed by atoms with E-state index in [2.05, 4.69) is 35.5 Å². The maximum absolute atomic E-state index is 5.38. The van der Waals surface area contributed by atoms with Crippen LogP contribution in [0.25, 0.3) is 10.9 Å². The van der Waals surface area contributed by atoms with Crippen LogP contribution in [0.5, 0.6) is 5.75 Å². The van der Waals surface area contributed by atoms with E-state index in [1.807, 2.05) is 24.4 Å². The molecule has 2 aromatic rings. The van der Waals surface area contributed by atoms with Crippen LogP contribution in [-0.2, 0) is 0 Å². The predicted octanol–water partition coefficient (Wildman–Crippen LogP) is 3.82. The third kappa shape index (κ3) is 4.34. The van der Waals surface area contributed by atoms with Crippen LogP contribution in [0, 0.1) is 0 Å². The number of ether oxygens (including phenoxy) is 1. The molecule has 1 unspecified atom stereocenters. The second-order valence-electron chi connectivity index (χ2n) is 5.48. The highest BCUT2D eigenvalue weighted by Crippen LogP contribution is 2.27. The maximum atomic E-state index is 5.38. The van der Waals surface area contributed by atoms with Gasteiger partial charge in [0.15, 0.2) is 0 Å².